The van der Waals surface area contributed by atoms with Crippen LogP contribution in [0.4, 0.5) is 11.4 Å². The van der Waals surface area contributed by atoms with Gasteiger partial charge in [0.25, 0.3) is 0 Å². The fourth-order valence-corrected chi connectivity index (χ4v) is 7.03. The molecule has 0 atom stereocenters. The lowest BCUT2D eigenvalue weighted by atomic mass is 9.70. The summed E-state index contributed by atoms with van der Waals surface area (Å²) in [5.41, 5.74) is 15.0. The molecule has 1 heterocycles. The Balaban J connectivity index is 1.15. The monoisotopic (exact) mass is 524 g/mol. The largest absolute Gasteiger partial charge is 0.436 e. The minimum atomic E-state index is -0.340. The molecular weight excluding hydrogens is 500 g/mol. The summed E-state index contributed by atoms with van der Waals surface area (Å²) in [6.45, 7) is 0. The number of anilines is 2. The van der Waals surface area contributed by atoms with E-state index < -0.39 is 0 Å². The van der Waals surface area contributed by atoms with Crippen molar-refractivity contribution in [3.63, 3.8) is 0 Å². The van der Waals surface area contributed by atoms with Crippen molar-refractivity contribution in [1.29, 1.82) is 0 Å². The molecule has 3 nitrogen and oxygen atoms in total. The van der Waals surface area contributed by atoms with Crippen LogP contribution >= 0.6 is 0 Å². The number of oxazole rings is 1. The van der Waals surface area contributed by atoms with E-state index in [1.54, 1.807) is 0 Å². The van der Waals surface area contributed by atoms with Gasteiger partial charge in [-0.2, -0.15) is 0 Å². The van der Waals surface area contributed by atoms with Gasteiger partial charge in [0.1, 0.15) is 5.52 Å². The van der Waals surface area contributed by atoms with Crippen LogP contribution in [-0.2, 0) is 5.41 Å². The smallest absolute Gasteiger partial charge is 0.227 e. The number of para-hydroxylation sites is 2. The van der Waals surface area contributed by atoms with Crippen molar-refractivity contribution in [3.05, 3.63) is 162 Å². The third-order valence-electron chi connectivity index (χ3n) is 8.71. The van der Waals surface area contributed by atoms with Gasteiger partial charge < -0.3 is 9.73 Å². The lowest BCUT2D eigenvalue weighted by Gasteiger charge is -2.30. The van der Waals surface area contributed by atoms with Crippen LogP contribution in [-0.4, -0.2) is 4.98 Å². The maximum absolute atomic E-state index is 5.97. The number of hydrogen-bond donors (Lipinski definition) is 1. The van der Waals surface area contributed by atoms with Gasteiger partial charge in [0.15, 0.2) is 5.58 Å². The first kappa shape index (κ1) is 22.4. The Morgan fingerprint density at radius 1 is 0.488 bits per heavy atom. The van der Waals surface area contributed by atoms with E-state index in [9.17, 15) is 0 Å². The second kappa shape index (κ2) is 8.30. The Morgan fingerprint density at radius 2 is 1.02 bits per heavy atom. The lowest BCUT2D eigenvalue weighted by Crippen LogP contribution is -2.25. The van der Waals surface area contributed by atoms with Crippen LogP contribution in [0.1, 0.15) is 22.3 Å². The Labute approximate surface area is 237 Å². The van der Waals surface area contributed by atoms with Crippen LogP contribution in [0.2, 0.25) is 0 Å². The number of benzene rings is 6. The molecule has 0 saturated heterocycles. The normalized spacial score (nSPS) is 13.6. The number of nitrogens with zero attached hydrogens (tertiary/aromatic N) is 1. The first-order chi connectivity index (χ1) is 20.3. The second-order valence-corrected chi connectivity index (χ2v) is 10.8. The van der Waals surface area contributed by atoms with Crippen molar-refractivity contribution < 1.29 is 4.42 Å². The Bertz CT molecular complexity index is 2040. The second-order valence-electron chi connectivity index (χ2n) is 10.8. The van der Waals surface area contributed by atoms with E-state index in [2.05, 4.69) is 126 Å². The number of aromatic nitrogens is 1. The van der Waals surface area contributed by atoms with Gasteiger partial charge in [0.05, 0.1) is 5.41 Å². The third-order valence-corrected chi connectivity index (χ3v) is 8.71. The predicted molar refractivity (Wildman–Crippen MR) is 165 cm³/mol. The summed E-state index contributed by atoms with van der Waals surface area (Å²) in [5, 5.41) is 3.67. The van der Waals surface area contributed by atoms with Gasteiger partial charge in [0.2, 0.25) is 5.89 Å². The first-order valence-corrected chi connectivity index (χ1v) is 14.0. The molecule has 0 aliphatic heterocycles. The van der Waals surface area contributed by atoms with Crippen LogP contribution in [0.5, 0.6) is 0 Å². The maximum Gasteiger partial charge on any atom is 0.227 e. The molecule has 0 unspecified atom stereocenters. The zero-order valence-corrected chi connectivity index (χ0v) is 22.1. The molecule has 41 heavy (non-hydrogen) atoms. The summed E-state index contributed by atoms with van der Waals surface area (Å²) >= 11 is 0. The van der Waals surface area contributed by atoms with Crippen molar-refractivity contribution in [3.8, 4) is 33.7 Å². The molecule has 0 radical (unpaired) electrons. The van der Waals surface area contributed by atoms with Crippen LogP contribution in [0, 0.1) is 0 Å². The minimum absolute atomic E-state index is 0.340. The van der Waals surface area contributed by atoms with Crippen molar-refractivity contribution in [2.24, 2.45) is 0 Å². The summed E-state index contributed by atoms with van der Waals surface area (Å²) in [5.74, 6) is 0.633. The van der Waals surface area contributed by atoms with Crippen LogP contribution in [0.25, 0.3) is 44.8 Å². The van der Waals surface area contributed by atoms with E-state index in [0.29, 0.717) is 5.89 Å². The summed E-state index contributed by atoms with van der Waals surface area (Å²) in [6.07, 6.45) is 0. The van der Waals surface area contributed by atoms with Gasteiger partial charge in [-0.15, -0.1) is 0 Å². The van der Waals surface area contributed by atoms with E-state index >= 15 is 0 Å². The van der Waals surface area contributed by atoms with Gasteiger partial charge >= 0.3 is 0 Å². The molecule has 0 fully saturated rings. The van der Waals surface area contributed by atoms with Gasteiger partial charge in [-0.05, 0) is 93.0 Å². The van der Waals surface area contributed by atoms with Crippen LogP contribution in [0.3, 0.4) is 0 Å². The van der Waals surface area contributed by atoms with E-state index in [1.165, 1.54) is 44.5 Å². The van der Waals surface area contributed by atoms with Crippen molar-refractivity contribution in [2.45, 2.75) is 5.41 Å². The standard InChI is InChI=1S/C38H24N2O/c1-4-12-31-27(9-1)28-10-2-5-13-32(28)38(31)33-14-6-3-11-29(33)30-22-21-26(23-34(30)38)39-25-19-17-24(18-20-25)37-40-35-15-7-8-16-36(35)41-37/h1-23,39H. The van der Waals surface area contributed by atoms with Crippen LogP contribution in [0.15, 0.2) is 144 Å². The predicted octanol–water partition coefficient (Wildman–Crippen LogP) is 9.58. The number of fused-ring (bicyclic) bond motifs is 11. The van der Waals surface area contributed by atoms with Crippen molar-refractivity contribution in [2.75, 3.05) is 5.32 Å². The molecule has 1 spiro atoms. The summed E-state index contributed by atoms with van der Waals surface area (Å²) in [4.78, 5) is 4.65. The highest BCUT2D eigenvalue weighted by Gasteiger charge is 2.51. The molecular formula is C38H24N2O. The zero-order valence-electron chi connectivity index (χ0n) is 22.1. The summed E-state index contributed by atoms with van der Waals surface area (Å²) in [6, 6.07) is 49.7. The Kier molecular flexibility index (Phi) is 4.53. The van der Waals surface area contributed by atoms with E-state index in [-0.39, 0.29) is 5.41 Å². The minimum Gasteiger partial charge on any atom is -0.436 e. The fraction of sp³-hybridized carbons (Fsp3) is 0.0263. The molecule has 6 aromatic carbocycles. The van der Waals surface area contributed by atoms with Gasteiger partial charge in [-0.25, -0.2) is 4.98 Å². The average Bonchev–Trinajstić information content (AvgIpc) is 3.68. The molecule has 0 saturated carbocycles. The molecule has 1 aromatic heterocycles. The molecule has 1 N–H and O–H groups in total. The SMILES string of the molecule is c1ccc2c(c1)-c1ccccc1C21c2ccccc2-c2ccc(Nc3ccc(-c4nc5ccccc5o4)cc3)cc21. The molecule has 2 aliphatic carbocycles. The van der Waals surface area contributed by atoms with Crippen molar-refractivity contribution >= 4 is 22.5 Å². The van der Waals surface area contributed by atoms with E-state index in [0.717, 1.165) is 28.0 Å². The van der Waals surface area contributed by atoms with Crippen LogP contribution < -0.4 is 5.32 Å². The number of rotatable bonds is 3. The molecule has 7 aromatic rings. The highest BCUT2D eigenvalue weighted by molar-refractivity contribution is 5.95. The summed E-state index contributed by atoms with van der Waals surface area (Å²) in [7, 11) is 0. The Morgan fingerprint density at radius 3 is 1.66 bits per heavy atom. The number of hydrogen-bond acceptors (Lipinski definition) is 3. The molecule has 9 rings (SSSR count). The maximum atomic E-state index is 5.97. The topological polar surface area (TPSA) is 38.1 Å². The van der Waals surface area contributed by atoms with Gasteiger partial charge in [-0.3, -0.25) is 0 Å². The fourth-order valence-electron chi connectivity index (χ4n) is 7.03. The summed E-state index contributed by atoms with van der Waals surface area (Å²) < 4.78 is 5.97. The Hall–Kier alpha value is -5.41. The average molecular weight is 525 g/mol. The van der Waals surface area contributed by atoms with Gasteiger partial charge in [-0.1, -0.05) is 91.0 Å². The number of nitrogens with one attached hydrogen (secondary N) is 1. The molecule has 192 valence electrons. The lowest BCUT2D eigenvalue weighted by molar-refractivity contribution is 0.620. The molecule has 3 heteroatoms. The zero-order chi connectivity index (χ0) is 27.0. The highest BCUT2D eigenvalue weighted by atomic mass is 16.3. The van der Waals surface area contributed by atoms with Crippen molar-refractivity contribution in [1.82, 2.24) is 4.98 Å². The third kappa shape index (κ3) is 3.06. The first-order valence-electron chi connectivity index (χ1n) is 14.0. The van der Waals surface area contributed by atoms with Gasteiger partial charge in [0, 0.05) is 16.9 Å². The van der Waals surface area contributed by atoms with E-state index in [1.807, 2.05) is 24.3 Å². The highest BCUT2D eigenvalue weighted by Crippen LogP contribution is 2.62. The molecule has 2 aliphatic rings. The molecule has 0 bridgehead atoms. The van der Waals surface area contributed by atoms with E-state index in [4.69, 9.17) is 4.42 Å². The quantitative estimate of drug-likeness (QED) is 0.250. The molecule has 0 amide bonds.